The molecule has 0 bridgehead atoms. The van der Waals surface area contributed by atoms with Gasteiger partial charge in [0.2, 0.25) is 10.0 Å². The third-order valence-corrected chi connectivity index (χ3v) is 5.90. The van der Waals surface area contributed by atoms with E-state index in [-0.39, 0.29) is 11.4 Å². The molecule has 2 N–H and O–H groups in total. The fraction of sp³-hybridized carbons (Fsp3) is 0.333. The van der Waals surface area contributed by atoms with Crippen molar-refractivity contribution >= 4 is 10.0 Å². The third-order valence-electron chi connectivity index (χ3n) is 4.50. The van der Waals surface area contributed by atoms with Gasteiger partial charge in [0.1, 0.15) is 11.4 Å². The Morgan fingerprint density at radius 1 is 1.17 bits per heavy atom. The van der Waals surface area contributed by atoms with Gasteiger partial charge in [0.05, 0.1) is 11.5 Å². The summed E-state index contributed by atoms with van der Waals surface area (Å²) < 4.78 is 33.1. The summed E-state index contributed by atoms with van der Waals surface area (Å²) in [4.78, 5) is 0.203. The standard InChI is InChI=1S/C18H21NO4S/c1-13-7-8-15(11-14(13)2)24(21,22)19-12-18(20)9-10-23-17-6-4-3-5-16(17)18/h3-8,11,19-20H,9-10,12H2,1-2H3. The number of ether oxygens (including phenoxy) is 1. The van der Waals surface area contributed by atoms with Crippen molar-refractivity contribution in [3.05, 3.63) is 59.2 Å². The van der Waals surface area contributed by atoms with Gasteiger partial charge in [0, 0.05) is 18.5 Å². The van der Waals surface area contributed by atoms with Crippen LogP contribution in [0.5, 0.6) is 5.75 Å². The van der Waals surface area contributed by atoms with Crippen LogP contribution in [0.1, 0.15) is 23.1 Å². The van der Waals surface area contributed by atoms with E-state index in [0.717, 1.165) is 11.1 Å². The molecule has 0 saturated carbocycles. The first kappa shape index (κ1) is 17.0. The second-order valence-corrected chi connectivity index (χ2v) is 7.96. The summed E-state index contributed by atoms with van der Waals surface area (Å²) in [7, 11) is -3.69. The zero-order valence-corrected chi connectivity index (χ0v) is 14.6. The number of benzene rings is 2. The minimum absolute atomic E-state index is 0.0946. The topological polar surface area (TPSA) is 75.6 Å². The second-order valence-electron chi connectivity index (χ2n) is 6.20. The summed E-state index contributed by atoms with van der Waals surface area (Å²) in [5, 5.41) is 10.9. The Morgan fingerprint density at radius 2 is 1.92 bits per heavy atom. The van der Waals surface area contributed by atoms with Crippen molar-refractivity contribution in [3.63, 3.8) is 0 Å². The highest BCUT2D eigenvalue weighted by molar-refractivity contribution is 7.89. The Labute approximate surface area is 142 Å². The quantitative estimate of drug-likeness (QED) is 0.889. The van der Waals surface area contributed by atoms with E-state index in [1.54, 1.807) is 36.4 Å². The Balaban J connectivity index is 1.83. The number of aliphatic hydroxyl groups is 1. The van der Waals surface area contributed by atoms with E-state index < -0.39 is 15.6 Å². The van der Waals surface area contributed by atoms with Crippen molar-refractivity contribution in [1.82, 2.24) is 4.72 Å². The van der Waals surface area contributed by atoms with Crippen LogP contribution >= 0.6 is 0 Å². The van der Waals surface area contributed by atoms with E-state index >= 15 is 0 Å². The van der Waals surface area contributed by atoms with Gasteiger partial charge < -0.3 is 9.84 Å². The number of hydrogen-bond acceptors (Lipinski definition) is 4. The van der Waals surface area contributed by atoms with Crippen LogP contribution < -0.4 is 9.46 Å². The Morgan fingerprint density at radius 3 is 2.67 bits per heavy atom. The molecule has 0 fully saturated rings. The monoisotopic (exact) mass is 347 g/mol. The van der Waals surface area contributed by atoms with Gasteiger partial charge in [-0.1, -0.05) is 24.3 Å². The molecule has 2 aromatic carbocycles. The van der Waals surface area contributed by atoms with Crippen molar-refractivity contribution in [2.45, 2.75) is 30.8 Å². The van der Waals surface area contributed by atoms with Crippen LogP contribution in [0.4, 0.5) is 0 Å². The molecule has 6 heteroatoms. The normalized spacial score (nSPS) is 20.3. The molecule has 2 aromatic rings. The van der Waals surface area contributed by atoms with Gasteiger partial charge in [0.25, 0.3) is 0 Å². The molecule has 0 amide bonds. The predicted octanol–water partition coefficient (Wildman–Crippen LogP) is 2.25. The zero-order valence-electron chi connectivity index (χ0n) is 13.7. The summed E-state index contributed by atoms with van der Waals surface area (Å²) in [5.74, 6) is 0.594. The van der Waals surface area contributed by atoms with Crippen LogP contribution in [-0.2, 0) is 15.6 Å². The van der Waals surface area contributed by atoms with Gasteiger partial charge in [-0.15, -0.1) is 0 Å². The van der Waals surface area contributed by atoms with E-state index in [1.807, 2.05) is 19.9 Å². The SMILES string of the molecule is Cc1ccc(S(=O)(=O)NCC2(O)CCOc3ccccc32)cc1C. The van der Waals surface area contributed by atoms with Gasteiger partial charge in [-0.2, -0.15) is 0 Å². The maximum atomic E-state index is 12.5. The number of sulfonamides is 1. The molecule has 0 aliphatic carbocycles. The first-order valence-electron chi connectivity index (χ1n) is 7.83. The van der Waals surface area contributed by atoms with Crippen LogP contribution in [0.25, 0.3) is 0 Å². The molecule has 0 aromatic heterocycles. The predicted molar refractivity (Wildman–Crippen MR) is 91.6 cm³/mol. The third kappa shape index (κ3) is 3.17. The van der Waals surface area contributed by atoms with Crippen molar-refractivity contribution in [2.75, 3.05) is 13.2 Å². The number of para-hydroxylation sites is 1. The number of aryl methyl sites for hydroxylation is 2. The Kier molecular flexibility index (Phi) is 4.38. The van der Waals surface area contributed by atoms with Gasteiger partial charge in [0.15, 0.2) is 0 Å². The van der Waals surface area contributed by atoms with Gasteiger partial charge in [-0.3, -0.25) is 0 Å². The molecule has 1 atom stereocenters. The number of nitrogens with one attached hydrogen (secondary N) is 1. The average molecular weight is 347 g/mol. The zero-order chi connectivity index (χ0) is 17.4. The Hall–Kier alpha value is -1.89. The summed E-state index contributed by atoms with van der Waals surface area (Å²) in [6.45, 7) is 4.05. The second kappa shape index (κ2) is 6.20. The number of fused-ring (bicyclic) bond motifs is 1. The van der Waals surface area contributed by atoms with Crippen LogP contribution in [-0.4, -0.2) is 26.7 Å². The first-order chi connectivity index (χ1) is 11.3. The molecule has 128 valence electrons. The van der Waals surface area contributed by atoms with E-state index in [4.69, 9.17) is 4.74 Å². The highest BCUT2D eigenvalue weighted by Gasteiger charge is 2.36. The highest BCUT2D eigenvalue weighted by atomic mass is 32.2. The van der Waals surface area contributed by atoms with E-state index in [0.29, 0.717) is 24.3 Å². The first-order valence-corrected chi connectivity index (χ1v) is 9.32. The van der Waals surface area contributed by atoms with Crippen molar-refractivity contribution in [2.24, 2.45) is 0 Å². The van der Waals surface area contributed by atoms with Crippen LogP contribution in [0.15, 0.2) is 47.4 Å². The summed E-state index contributed by atoms with van der Waals surface area (Å²) in [5.41, 5.74) is 1.28. The van der Waals surface area contributed by atoms with Crippen molar-refractivity contribution in [3.8, 4) is 5.75 Å². The fourth-order valence-electron chi connectivity index (χ4n) is 2.80. The molecule has 5 nitrogen and oxygen atoms in total. The fourth-order valence-corrected chi connectivity index (χ4v) is 3.98. The summed E-state index contributed by atoms with van der Waals surface area (Å²) >= 11 is 0. The van der Waals surface area contributed by atoms with Crippen LogP contribution in [0.3, 0.4) is 0 Å². The molecule has 0 spiro atoms. The maximum absolute atomic E-state index is 12.5. The van der Waals surface area contributed by atoms with Gasteiger partial charge in [-0.05, 0) is 43.2 Å². The molecule has 24 heavy (non-hydrogen) atoms. The Bertz CT molecular complexity index is 863. The van der Waals surface area contributed by atoms with Gasteiger partial charge >= 0.3 is 0 Å². The molecule has 1 unspecified atom stereocenters. The molecular formula is C18H21NO4S. The minimum Gasteiger partial charge on any atom is -0.493 e. The molecule has 1 aliphatic heterocycles. The van der Waals surface area contributed by atoms with E-state index in [1.165, 1.54) is 0 Å². The van der Waals surface area contributed by atoms with Crippen molar-refractivity contribution < 1.29 is 18.3 Å². The van der Waals surface area contributed by atoms with Crippen molar-refractivity contribution in [1.29, 1.82) is 0 Å². The number of hydrogen-bond donors (Lipinski definition) is 2. The molecule has 1 heterocycles. The summed E-state index contributed by atoms with van der Waals surface area (Å²) in [6.07, 6.45) is 0.333. The minimum atomic E-state index is -3.69. The molecule has 3 rings (SSSR count). The lowest BCUT2D eigenvalue weighted by Crippen LogP contribution is -2.43. The van der Waals surface area contributed by atoms with E-state index in [2.05, 4.69) is 4.72 Å². The molecule has 0 saturated heterocycles. The van der Waals surface area contributed by atoms with Crippen LogP contribution in [0.2, 0.25) is 0 Å². The largest absolute Gasteiger partial charge is 0.493 e. The van der Waals surface area contributed by atoms with E-state index in [9.17, 15) is 13.5 Å². The smallest absolute Gasteiger partial charge is 0.240 e. The average Bonchev–Trinajstić information content (AvgIpc) is 2.56. The van der Waals surface area contributed by atoms with Gasteiger partial charge in [-0.25, -0.2) is 13.1 Å². The molecule has 1 aliphatic rings. The van der Waals surface area contributed by atoms with Crippen LogP contribution in [0, 0.1) is 13.8 Å². The lowest BCUT2D eigenvalue weighted by Gasteiger charge is -2.34. The molecule has 0 radical (unpaired) electrons. The lowest BCUT2D eigenvalue weighted by atomic mass is 9.88. The summed E-state index contributed by atoms with van der Waals surface area (Å²) in [6, 6.07) is 12.2. The number of rotatable bonds is 4. The lowest BCUT2D eigenvalue weighted by molar-refractivity contribution is 0.00219. The highest BCUT2D eigenvalue weighted by Crippen LogP contribution is 2.36. The maximum Gasteiger partial charge on any atom is 0.240 e. The molecular weight excluding hydrogens is 326 g/mol.